The molecule has 1 aromatic rings. The Kier molecular flexibility index (Phi) is 5.19. The largest absolute Gasteiger partial charge is 0.372 e. The molecule has 0 spiro atoms. The molecule has 4 heteroatoms. The first-order valence-electron chi connectivity index (χ1n) is 7.69. The zero-order valence-electron chi connectivity index (χ0n) is 12.9. The van der Waals surface area contributed by atoms with Crippen LogP contribution in [0.5, 0.6) is 0 Å². The summed E-state index contributed by atoms with van der Waals surface area (Å²) in [6, 6.07) is 9.76. The Bertz CT molecular complexity index is 507. The average molecular weight is 289 g/mol. The molecule has 1 aromatic carbocycles. The van der Waals surface area contributed by atoms with E-state index in [4.69, 9.17) is 0 Å². The van der Waals surface area contributed by atoms with Crippen molar-refractivity contribution in [3.05, 3.63) is 30.1 Å². The Balaban J connectivity index is 1.74. The van der Waals surface area contributed by atoms with Crippen LogP contribution in [0.15, 0.2) is 24.3 Å². The van der Waals surface area contributed by atoms with Crippen LogP contribution in [0.3, 0.4) is 0 Å². The molecule has 1 saturated carbocycles. The lowest BCUT2D eigenvalue weighted by atomic mass is 9.96. The third-order valence-corrected chi connectivity index (χ3v) is 4.03. The fourth-order valence-electron chi connectivity index (χ4n) is 2.55. The highest BCUT2D eigenvalue weighted by atomic mass is 19.1. The highest BCUT2D eigenvalue weighted by Crippen LogP contribution is 2.25. The van der Waals surface area contributed by atoms with Crippen molar-refractivity contribution >= 4 is 5.69 Å². The van der Waals surface area contributed by atoms with Crippen LogP contribution >= 0.6 is 0 Å². The maximum atomic E-state index is 13.6. The molecule has 21 heavy (non-hydrogen) atoms. The molecule has 0 amide bonds. The van der Waals surface area contributed by atoms with Gasteiger partial charge in [-0.1, -0.05) is 12.1 Å². The van der Waals surface area contributed by atoms with E-state index in [2.05, 4.69) is 11.4 Å². The summed E-state index contributed by atoms with van der Waals surface area (Å²) in [4.78, 5) is 1.94. The van der Waals surface area contributed by atoms with Gasteiger partial charge in [-0.3, -0.25) is 5.32 Å². The van der Waals surface area contributed by atoms with E-state index in [1.165, 1.54) is 18.9 Å². The Morgan fingerprint density at radius 3 is 2.71 bits per heavy atom. The molecule has 0 bridgehead atoms. The molecular formula is C17H24FN3. The van der Waals surface area contributed by atoms with E-state index < -0.39 is 5.54 Å². The minimum absolute atomic E-state index is 0.183. The molecule has 114 valence electrons. The number of nitriles is 1. The van der Waals surface area contributed by atoms with Crippen LogP contribution in [-0.4, -0.2) is 25.2 Å². The Labute approximate surface area is 126 Å². The van der Waals surface area contributed by atoms with Crippen molar-refractivity contribution in [3.63, 3.8) is 0 Å². The van der Waals surface area contributed by atoms with Gasteiger partial charge in [-0.05, 0) is 51.2 Å². The summed E-state index contributed by atoms with van der Waals surface area (Å²) in [6.07, 6.45) is 5.13. The van der Waals surface area contributed by atoms with Crippen molar-refractivity contribution in [1.29, 1.82) is 5.26 Å². The van der Waals surface area contributed by atoms with Crippen molar-refractivity contribution in [3.8, 4) is 6.07 Å². The van der Waals surface area contributed by atoms with Gasteiger partial charge in [0, 0.05) is 19.6 Å². The van der Waals surface area contributed by atoms with Crippen LogP contribution in [0.2, 0.25) is 0 Å². The second-order valence-electron chi connectivity index (χ2n) is 6.19. The number of benzene rings is 1. The van der Waals surface area contributed by atoms with Gasteiger partial charge in [-0.2, -0.15) is 5.26 Å². The Morgan fingerprint density at radius 1 is 1.38 bits per heavy atom. The fraction of sp³-hybridized carbons (Fsp3) is 0.588. The molecule has 1 fully saturated rings. The van der Waals surface area contributed by atoms with Crippen LogP contribution in [0.25, 0.3) is 0 Å². The van der Waals surface area contributed by atoms with Gasteiger partial charge < -0.3 is 4.90 Å². The lowest BCUT2D eigenvalue weighted by molar-refractivity contribution is 0.399. The van der Waals surface area contributed by atoms with E-state index >= 15 is 0 Å². The van der Waals surface area contributed by atoms with Gasteiger partial charge in [0.2, 0.25) is 0 Å². The molecule has 1 atom stereocenters. The van der Waals surface area contributed by atoms with Crippen LogP contribution in [0.1, 0.15) is 39.0 Å². The number of nitrogens with zero attached hydrogens (tertiary/aromatic N) is 2. The van der Waals surface area contributed by atoms with Crippen LogP contribution in [-0.2, 0) is 0 Å². The zero-order valence-corrected chi connectivity index (χ0v) is 12.9. The minimum Gasteiger partial charge on any atom is -0.372 e. The minimum atomic E-state index is -0.419. The van der Waals surface area contributed by atoms with Crippen LogP contribution in [0, 0.1) is 17.1 Å². The number of nitrogens with one attached hydrogen (secondary N) is 1. The molecule has 1 aliphatic carbocycles. The van der Waals surface area contributed by atoms with E-state index in [1.807, 2.05) is 24.9 Å². The monoisotopic (exact) mass is 289 g/mol. The summed E-state index contributed by atoms with van der Waals surface area (Å²) in [5.74, 6) is -0.183. The molecule has 1 aliphatic rings. The van der Waals surface area contributed by atoms with Gasteiger partial charge in [0.1, 0.15) is 11.4 Å². The van der Waals surface area contributed by atoms with Gasteiger partial charge in [-0.15, -0.1) is 0 Å². The summed E-state index contributed by atoms with van der Waals surface area (Å²) in [5.41, 5.74) is 0.217. The average Bonchev–Trinajstić information content (AvgIpc) is 3.27. The van der Waals surface area contributed by atoms with Gasteiger partial charge in [0.05, 0.1) is 11.8 Å². The summed E-state index contributed by atoms with van der Waals surface area (Å²) in [7, 11) is 1.91. The summed E-state index contributed by atoms with van der Waals surface area (Å²) in [6.45, 7) is 2.78. The van der Waals surface area contributed by atoms with Gasteiger partial charge in [0.25, 0.3) is 0 Å². The predicted molar refractivity (Wildman–Crippen MR) is 83.7 cm³/mol. The third kappa shape index (κ3) is 4.71. The van der Waals surface area contributed by atoms with Crippen molar-refractivity contribution in [1.82, 2.24) is 5.32 Å². The fourth-order valence-corrected chi connectivity index (χ4v) is 2.55. The number of anilines is 1. The van der Waals surface area contributed by atoms with Gasteiger partial charge >= 0.3 is 0 Å². The number of hydrogen-bond donors (Lipinski definition) is 1. The number of para-hydroxylation sites is 1. The quantitative estimate of drug-likeness (QED) is 0.745. The first-order chi connectivity index (χ1) is 10.0. The van der Waals surface area contributed by atoms with E-state index in [9.17, 15) is 9.65 Å². The second-order valence-corrected chi connectivity index (χ2v) is 6.19. The SMILES string of the molecule is CN(CCCCC(C)(C#N)NC1CC1)c1ccccc1F. The molecule has 1 unspecified atom stereocenters. The van der Waals surface area contributed by atoms with E-state index in [1.54, 1.807) is 12.1 Å². The molecule has 1 N–H and O–H groups in total. The van der Waals surface area contributed by atoms with Gasteiger partial charge in [0.15, 0.2) is 0 Å². The standard InChI is InChI=1S/C17H24FN3/c1-17(13-19,20-14-9-10-14)11-5-6-12-21(2)16-8-4-3-7-15(16)18/h3-4,7-8,14,20H,5-6,9-12H2,1-2H3. The molecular weight excluding hydrogens is 265 g/mol. The Hall–Kier alpha value is -1.60. The van der Waals surface area contributed by atoms with Crippen LogP contribution in [0.4, 0.5) is 10.1 Å². The third-order valence-electron chi connectivity index (χ3n) is 4.03. The predicted octanol–water partition coefficient (Wildman–Crippen LogP) is 3.47. The van der Waals surface area contributed by atoms with Crippen molar-refractivity contribution in [2.45, 2.75) is 50.6 Å². The van der Waals surface area contributed by atoms with E-state index in [0.717, 1.165) is 25.8 Å². The topological polar surface area (TPSA) is 39.1 Å². The number of rotatable bonds is 8. The molecule has 0 aromatic heterocycles. The molecule has 3 nitrogen and oxygen atoms in total. The molecule has 0 aliphatic heterocycles. The molecule has 0 heterocycles. The van der Waals surface area contributed by atoms with Gasteiger partial charge in [-0.25, -0.2) is 4.39 Å². The Morgan fingerprint density at radius 2 is 2.10 bits per heavy atom. The van der Waals surface area contributed by atoms with Crippen molar-refractivity contribution in [2.24, 2.45) is 0 Å². The highest BCUT2D eigenvalue weighted by Gasteiger charge is 2.31. The van der Waals surface area contributed by atoms with Crippen LogP contribution < -0.4 is 10.2 Å². The molecule has 0 radical (unpaired) electrons. The lowest BCUT2D eigenvalue weighted by Crippen LogP contribution is -2.42. The number of hydrogen-bond acceptors (Lipinski definition) is 3. The first kappa shape index (κ1) is 15.8. The normalized spacial score (nSPS) is 17.0. The molecule has 2 rings (SSSR count). The summed E-state index contributed by atoms with van der Waals surface area (Å²) in [5, 5.41) is 12.7. The van der Waals surface area contributed by atoms with E-state index in [0.29, 0.717) is 11.7 Å². The zero-order chi connectivity index (χ0) is 15.3. The maximum Gasteiger partial charge on any atom is 0.146 e. The number of halogens is 1. The van der Waals surface area contributed by atoms with Crippen molar-refractivity contribution in [2.75, 3.05) is 18.5 Å². The maximum absolute atomic E-state index is 13.6. The molecule has 0 saturated heterocycles. The summed E-state index contributed by atoms with van der Waals surface area (Å²) >= 11 is 0. The van der Waals surface area contributed by atoms with Crippen molar-refractivity contribution < 1.29 is 4.39 Å². The first-order valence-corrected chi connectivity index (χ1v) is 7.69. The highest BCUT2D eigenvalue weighted by molar-refractivity contribution is 5.46. The number of unbranched alkanes of at least 4 members (excludes halogenated alkanes) is 1. The summed E-state index contributed by atoms with van der Waals surface area (Å²) < 4.78 is 13.6. The smallest absolute Gasteiger partial charge is 0.146 e. The second kappa shape index (κ2) is 6.91. The van der Waals surface area contributed by atoms with E-state index in [-0.39, 0.29) is 5.82 Å². The lowest BCUT2D eigenvalue weighted by Gasteiger charge is -2.24.